The third kappa shape index (κ3) is 3.21. The second-order valence-electron chi connectivity index (χ2n) is 5.94. The van der Waals surface area contributed by atoms with E-state index in [1.165, 1.54) is 23.3 Å². The van der Waals surface area contributed by atoms with E-state index in [2.05, 4.69) is 40.9 Å². The van der Waals surface area contributed by atoms with Gasteiger partial charge in [-0.2, -0.15) is 0 Å². The van der Waals surface area contributed by atoms with Crippen molar-refractivity contribution < 1.29 is 9.50 Å². The van der Waals surface area contributed by atoms with Crippen LogP contribution < -0.4 is 0 Å². The van der Waals surface area contributed by atoms with Crippen LogP contribution in [-0.2, 0) is 13.0 Å². The van der Waals surface area contributed by atoms with Crippen LogP contribution in [-0.4, -0.2) is 20.1 Å². The second-order valence-corrected chi connectivity index (χ2v) is 5.94. The number of nitrogens with zero attached hydrogens (tertiary/aromatic N) is 2. The number of benzene rings is 1. The van der Waals surface area contributed by atoms with Crippen molar-refractivity contribution in [1.82, 2.24) is 15.0 Å². The van der Waals surface area contributed by atoms with Gasteiger partial charge < -0.3 is 10.1 Å². The molecule has 0 fully saturated rings. The van der Waals surface area contributed by atoms with E-state index < -0.39 is 0 Å². The number of aliphatic hydroxyl groups is 1. The Kier molecular flexibility index (Phi) is 4.71. The largest absolute Gasteiger partial charge is 0.390 e. The van der Waals surface area contributed by atoms with Gasteiger partial charge in [0, 0.05) is 24.2 Å². The molecule has 0 saturated heterocycles. The first kappa shape index (κ1) is 16.3. The number of aromatic amines is 1. The van der Waals surface area contributed by atoms with Crippen LogP contribution in [0.25, 0.3) is 0 Å². The Balaban J connectivity index is 2.05. The molecule has 1 aromatic carbocycles. The zero-order valence-corrected chi connectivity index (χ0v) is 13.8. The first-order valence-electron chi connectivity index (χ1n) is 7.89. The van der Waals surface area contributed by atoms with Crippen LogP contribution in [0.15, 0.2) is 42.9 Å². The molecule has 0 saturated carbocycles. The molecule has 0 aliphatic rings. The van der Waals surface area contributed by atoms with E-state index in [4.69, 9.17) is 0 Å². The van der Waals surface area contributed by atoms with E-state index in [0.717, 1.165) is 11.3 Å². The highest BCUT2D eigenvalue weighted by Crippen LogP contribution is 2.31. The van der Waals surface area contributed by atoms with Crippen LogP contribution >= 0.6 is 0 Å². The van der Waals surface area contributed by atoms with Gasteiger partial charge in [0.05, 0.1) is 24.3 Å². The normalized spacial score (nSPS) is 12.3. The second kappa shape index (κ2) is 6.93. The standard InChI is InChI=1S/C19H20FN3O/c1-12-4-3-5-15(13(12)2)16(19-9-21-11-22-19)8-18-17(20)7-6-14(10-24)23-18/h3-7,9,11,16,24H,8,10H2,1-2H3,(H,21,22). The maximum atomic E-state index is 14.2. The summed E-state index contributed by atoms with van der Waals surface area (Å²) in [7, 11) is 0. The zero-order valence-electron chi connectivity index (χ0n) is 13.8. The summed E-state index contributed by atoms with van der Waals surface area (Å²) in [5, 5.41) is 9.27. The van der Waals surface area contributed by atoms with E-state index in [9.17, 15) is 9.50 Å². The van der Waals surface area contributed by atoms with Crippen molar-refractivity contribution in [2.45, 2.75) is 32.8 Å². The number of aromatic nitrogens is 3. The molecule has 5 heteroatoms. The van der Waals surface area contributed by atoms with Crippen LogP contribution in [0.4, 0.5) is 4.39 Å². The smallest absolute Gasteiger partial charge is 0.144 e. The van der Waals surface area contributed by atoms with Crippen molar-refractivity contribution in [3.8, 4) is 0 Å². The maximum Gasteiger partial charge on any atom is 0.144 e. The number of hydrogen-bond donors (Lipinski definition) is 2. The van der Waals surface area contributed by atoms with Crippen molar-refractivity contribution in [1.29, 1.82) is 0 Å². The number of pyridine rings is 1. The van der Waals surface area contributed by atoms with E-state index in [1.807, 2.05) is 6.07 Å². The summed E-state index contributed by atoms with van der Waals surface area (Å²) in [5.41, 5.74) is 5.22. The van der Waals surface area contributed by atoms with Gasteiger partial charge >= 0.3 is 0 Å². The molecule has 0 aliphatic carbocycles. The Morgan fingerprint density at radius 2 is 2.04 bits per heavy atom. The number of aliphatic hydroxyl groups excluding tert-OH is 1. The highest BCUT2D eigenvalue weighted by Gasteiger charge is 2.21. The lowest BCUT2D eigenvalue weighted by Crippen LogP contribution is -2.11. The molecule has 0 radical (unpaired) electrons. The molecule has 2 N–H and O–H groups in total. The highest BCUT2D eigenvalue weighted by atomic mass is 19.1. The SMILES string of the molecule is Cc1cccc(C(Cc2nc(CO)ccc2F)c2cnc[nH]2)c1C. The van der Waals surface area contributed by atoms with Crippen molar-refractivity contribution in [2.75, 3.05) is 0 Å². The number of aryl methyl sites for hydroxylation is 1. The molecule has 2 aromatic heterocycles. The third-order valence-electron chi connectivity index (χ3n) is 4.45. The van der Waals surface area contributed by atoms with Crippen LogP contribution in [0.1, 0.15) is 39.7 Å². The lowest BCUT2D eigenvalue weighted by Gasteiger charge is -2.20. The molecule has 3 aromatic rings. The molecule has 1 atom stereocenters. The minimum absolute atomic E-state index is 0.0802. The van der Waals surface area contributed by atoms with Gasteiger partial charge in [0.25, 0.3) is 0 Å². The van der Waals surface area contributed by atoms with Crippen molar-refractivity contribution in [3.63, 3.8) is 0 Å². The Labute approximate surface area is 140 Å². The summed E-state index contributed by atoms with van der Waals surface area (Å²) in [6.45, 7) is 3.93. The van der Waals surface area contributed by atoms with Gasteiger partial charge in [0.1, 0.15) is 5.82 Å². The molecule has 124 valence electrons. The van der Waals surface area contributed by atoms with Crippen LogP contribution in [0, 0.1) is 19.7 Å². The average molecular weight is 325 g/mol. The molecule has 0 aliphatic heterocycles. The maximum absolute atomic E-state index is 14.2. The van der Waals surface area contributed by atoms with Crippen molar-refractivity contribution in [2.24, 2.45) is 0 Å². The van der Waals surface area contributed by atoms with Crippen LogP contribution in [0.5, 0.6) is 0 Å². The molecule has 0 spiro atoms. The molecule has 2 heterocycles. The fourth-order valence-electron chi connectivity index (χ4n) is 2.95. The van der Waals surface area contributed by atoms with Gasteiger partial charge in [0.2, 0.25) is 0 Å². The summed E-state index contributed by atoms with van der Waals surface area (Å²) in [4.78, 5) is 11.5. The minimum atomic E-state index is -0.359. The van der Waals surface area contributed by atoms with Crippen molar-refractivity contribution in [3.05, 3.63) is 82.4 Å². The number of imidazole rings is 1. The molecule has 3 rings (SSSR count). The van der Waals surface area contributed by atoms with E-state index in [-0.39, 0.29) is 18.3 Å². The average Bonchev–Trinajstić information content (AvgIpc) is 3.11. The number of nitrogens with one attached hydrogen (secondary N) is 1. The van der Waals surface area contributed by atoms with Crippen LogP contribution in [0.2, 0.25) is 0 Å². The third-order valence-corrected chi connectivity index (χ3v) is 4.45. The van der Waals surface area contributed by atoms with E-state index in [0.29, 0.717) is 17.8 Å². The van der Waals surface area contributed by atoms with Gasteiger partial charge in [-0.05, 0) is 42.7 Å². The molecule has 0 amide bonds. The van der Waals surface area contributed by atoms with Gasteiger partial charge in [-0.1, -0.05) is 18.2 Å². The summed E-state index contributed by atoms with van der Waals surface area (Å²) >= 11 is 0. The lowest BCUT2D eigenvalue weighted by atomic mass is 9.86. The Morgan fingerprint density at radius 1 is 1.21 bits per heavy atom. The highest BCUT2D eigenvalue weighted by molar-refractivity contribution is 5.40. The Bertz CT molecular complexity index is 831. The van der Waals surface area contributed by atoms with E-state index in [1.54, 1.807) is 12.5 Å². The summed E-state index contributed by atoms with van der Waals surface area (Å²) in [6, 6.07) is 8.99. The summed E-state index contributed by atoms with van der Waals surface area (Å²) < 4.78 is 14.2. The van der Waals surface area contributed by atoms with Crippen LogP contribution in [0.3, 0.4) is 0 Å². The summed E-state index contributed by atoms with van der Waals surface area (Å²) in [5.74, 6) is -0.439. The zero-order chi connectivity index (χ0) is 17.1. The first-order valence-corrected chi connectivity index (χ1v) is 7.89. The fraction of sp³-hybridized carbons (Fsp3) is 0.263. The molecule has 1 unspecified atom stereocenters. The number of H-pyrrole nitrogens is 1. The number of hydrogen-bond acceptors (Lipinski definition) is 3. The molecule has 0 bridgehead atoms. The molecule has 4 nitrogen and oxygen atoms in total. The number of halogens is 1. The van der Waals surface area contributed by atoms with Gasteiger partial charge in [-0.15, -0.1) is 0 Å². The Hall–Kier alpha value is -2.53. The minimum Gasteiger partial charge on any atom is -0.390 e. The molecular weight excluding hydrogens is 305 g/mol. The predicted molar refractivity (Wildman–Crippen MR) is 90.2 cm³/mol. The quantitative estimate of drug-likeness (QED) is 0.755. The topological polar surface area (TPSA) is 61.8 Å². The van der Waals surface area contributed by atoms with Gasteiger partial charge in [-0.3, -0.25) is 4.98 Å². The van der Waals surface area contributed by atoms with Crippen molar-refractivity contribution >= 4 is 0 Å². The summed E-state index contributed by atoms with van der Waals surface area (Å²) in [6.07, 6.45) is 3.79. The molecular formula is C19H20FN3O. The monoisotopic (exact) mass is 325 g/mol. The van der Waals surface area contributed by atoms with Gasteiger partial charge in [0.15, 0.2) is 0 Å². The molecule has 24 heavy (non-hydrogen) atoms. The predicted octanol–water partition coefficient (Wildman–Crippen LogP) is 3.43. The Morgan fingerprint density at radius 3 is 2.75 bits per heavy atom. The lowest BCUT2D eigenvalue weighted by molar-refractivity contribution is 0.276. The fourth-order valence-corrected chi connectivity index (χ4v) is 2.95. The van der Waals surface area contributed by atoms with Gasteiger partial charge in [-0.25, -0.2) is 9.37 Å². The first-order chi connectivity index (χ1) is 11.6. The van der Waals surface area contributed by atoms with E-state index >= 15 is 0 Å². The number of rotatable bonds is 5.